The summed E-state index contributed by atoms with van der Waals surface area (Å²) in [7, 11) is 0. The zero-order valence-electron chi connectivity index (χ0n) is 20.9. The molecule has 5 rings (SSSR count). The van der Waals surface area contributed by atoms with Gasteiger partial charge >= 0.3 is 0 Å². The van der Waals surface area contributed by atoms with Crippen LogP contribution < -0.4 is 0 Å². The molecular formula is C29H34N4. The van der Waals surface area contributed by atoms with E-state index in [1.807, 2.05) is 0 Å². The van der Waals surface area contributed by atoms with Crippen molar-refractivity contribution in [3.05, 3.63) is 69.3 Å². The smallest absolute Gasteiger partial charge is 0.0693 e. The van der Waals surface area contributed by atoms with Gasteiger partial charge in [-0.15, -0.1) is 0 Å². The fourth-order valence-electron chi connectivity index (χ4n) is 5.36. The summed E-state index contributed by atoms with van der Waals surface area (Å²) in [5, 5.41) is 0. The molecule has 0 amide bonds. The van der Waals surface area contributed by atoms with Crippen molar-refractivity contribution in [2.24, 2.45) is 0 Å². The molecule has 0 aromatic carbocycles. The Balaban J connectivity index is 1.97. The Kier molecular flexibility index (Phi) is 5.27. The first-order valence-electron chi connectivity index (χ1n) is 12.2. The van der Waals surface area contributed by atoms with E-state index in [9.17, 15) is 0 Å². The van der Waals surface area contributed by atoms with E-state index >= 15 is 0 Å². The standard InChI is InChI=1S/C29H34N4/c1-8-20-18(6)27-14-29-21(9-2)17(5)26(32-29)12-22-15(3)10-24(30-22)19(7)25-11-16(4)23(31-25)13-28(20)33-27/h11-15,31-32H,8-10H2,1-7H3. The van der Waals surface area contributed by atoms with Gasteiger partial charge < -0.3 is 9.97 Å². The first kappa shape index (κ1) is 21.7. The molecule has 4 heteroatoms. The van der Waals surface area contributed by atoms with Crippen molar-refractivity contribution >= 4 is 33.2 Å². The van der Waals surface area contributed by atoms with Crippen molar-refractivity contribution in [3.8, 4) is 0 Å². The van der Waals surface area contributed by atoms with Crippen LogP contribution in [0, 0.1) is 20.8 Å². The van der Waals surface area contributed by atoms with Gasteiger partial charge in [0.05, 0.1) is 11.4 Å². The van der Waals surface area contributed by atoms with Gasteiger partial charge in [-0.05, 0) is 105 Å². The molecule has 0 spiro atoms. The lowest BCUT2D eigenvalue weighted by Crippen LogP contribution is -1.90. The Morgan fingerprint density at radius 3 is 2.21 bits per heavy atom. The lowest BCUT2D eigenvalue weighted by atomic mass is 10.0. The van der Waals surface area contributed by atoms with Crippen molar-refractivity contribution < 1.29 is 0 Å². The first-order valence-corrected chi connectivity index (χ1v) is 12.2. The Bertz CT molecular complexity index is 1460. The molecule has 0 aliphatic carbocycles. The number of H-pyrrole nitrogens is 2. The van der Waals surface area contributed by atoms with E-state index in [-0.39, 0.29) is 0 Å². The highest BCUT2D eigenvalue weighted by Crippen LogP contribution is 2.34. The van der Waals surface area contributed by atoms with Gasteiger partial charge in [0.2, 0.25) is 0 Å². The van der Waals surface area contributed by atoms with Crippen LogP contribution in [0.1, 0.15) is 85.1 Å². The number of allylic oxidation sites excluding steroid dienone is 2. The number of hydrogen-bond donors (Lipinski definition) is 2. The molecule has 0 fully saturated rings. The minimum atomic E-state index is 0.404. The van der Waals surface area contributed by atoms with Crippen LogP contribution >= 0.6 is 0 Å². The fourth-order valence-corrected chi connectivity index (χ4v) is 5.36. The van der Waals surface area contributed by atoms with Gasteiger partial charge in [0.25, 0.3) is 0 Å². The number of aryl methyl sites for hydroxylation is 4. The van der Waals surface area contributed by atoms with Crippen LogP contribution in [0.25, 0.3) is 33.2 Å². The molecule has 3 aromatic heterocycles. The molecule has 0 saturated carbocycles. The Morgan fingerprint density at radius 1 is 0.788 bits per heavy atom. The number of hydrogen-bond acceptors (Lipinski definition) is 2. The molecule has 8 bridgehead atoms. The van der Waals surface area contributed by atoms with E-state index in [0.29, 0.717) is 5.92 Å². The number of rotatable bonds is 2. The van der Waals surface area contributed by atoms with Crippen LogP contribution in [0.2, 0.25) is 0 Å². The minimum Gasteiger partial charge on any atom is -0.355 e. The lowest BCUT2D eigenvalue weighted by Gasteiger charge is -2.00. The zero-order chi connectivity index (χ0) is 23.4. The molecule has 2 aliphatic rings. The highest BCUT2D eigenvalue weighted by Gasteiger charge is 2.20. The van der Waals surface area contributed by atoms with E-state index in [2.05, 4.69) is 82.7 Å². The van der Waals surface area contributed by atoms with Crippen molar-refractivity contribution in [1.82, 2.24) is 19.9 Å². The van der Waals surface area contributed by atoms with Crippen molar-refractivity contribution in [2.45, 2.75) is 73.6 Å². The highest BCUT2D eigenvalue weighted by atomic mass is 14.8. The molecule has 4 nitrogen and oxygen atoms in total. The third-order valence-corrected chi connectivity index (χ3v) is 7.56. The highest BCUT2D eigenvalue weighted by molar-refractivity contribution is 5.92. The first-order chi connectivity index (χ1) is 15.8. The summed E-state index contributed by atoms with van der Waals surface area (Å²) in [5.74, 6) is 0.404. The van der Waals surface area contributed by atoms with Crippen molar-refractivity contribution in [3.63, 3.8) is 0 Å². The van der Waals surface area contributed by atoms with Gasteiger partial charge in [-0.25, -0.2) is 4.98 Å². The van der Waals surface area contributed by atoms with Gasteiger partial charge in [0, 0.05) is 39.4 Å². The van der Waals surface area contributed by atoms with Crippen LogP contribution in [-0.4, -0.2) is 19.9 Å². The largest absolute Gasteiger partial charge is 0.355 e. The van der Waals surface area contributed by atoms with Crippen LogP contribution in [0.3, 0.4) is 0 Å². The minimum absolute atomic E-state index is 0.404. The summed E-state index contributed by atoms with van der Waals surface area (Å²) in [5.41, 5.74) is 16.8. The number of nitrogens with one attached hydrogen (secondary N) is 2. The van der Waals surface area contributed by atoms with Crippen LogP contribution in [0.4, 0.5) is 0 Å². The maximum Gasteiger partial charge on any atom is 0.0693 e. The second kappa shape index (κ2) is 8.02. The number of nitrogens with zero attached hydrogens (tertiary/aromatic N) is 2. The van der Waals surface area contributed by atoms with Gasteiger partial charge in [0.15, 0.2) is 0 Å². The van der Waals surface area contributed by atoms with Crippen molar-refractivity contribution in [2.75, 3.05) is 0 Å². The van der Waals surface area contributed by atoms with Crippen LogP contribution in [0.5, 0.6) is 0 Å². The SMILES string of the molecule is CCC1=C(C)c2cc3[nH]c(cc4nc(c(C)c5cc(C)c(cc1n2)[nH]5)CC4C)c(C)c3CC. The van der Waals surface area contributed by atoms with Gasteiger partial charge in [0.1, 0.15) is 0 Å². The normalized spacial score (nSPS) is 16.0. The number of aromatic nitrogens is 4. The third-order valence-electron chi connectivity index (χ3n) is 7.56. The molecule has 0 radical (unpaired) electrons. The summed E-state index contributed by atoms with van der Waals surface area (Å²) < 4.78 is 0. The predicted molar refractivity (Wildman–Crippen MR) is 139 cm³/mol. The van der Waals surface area contributed by atoms with Crippen molar-refractivity contribution in [1.29, 1.82) is 0 Å². The molecule has 5 heterocycles. The average Bonchev–Trinajstić information content (AvgIpc) is 3.49. The second-order valence-corrected chi connectivity index (χ2v) is 9.68. The van der Waals surface area contributed by atoms with E-state index in [0.717, 1.165) is 47.4 Å². The topological polar surface area (TPSA) is 57.4 Å². The van der Waals surface area contributed by atoms with Gasteiger partial charge in [-0.1, -0.05) is 20.8 Å². The second-order valence-electron chi connectivity index (χ2n) is 9.68. The summed E-state index contributed by atoms with van der Waals surface area (Å²) in [6.07, 6.45) is 2.92. The molecule has 2 N–H and O–H groups in total. The van der Waals surface area contributed by atoms with E-state index in [1.54, 1.807) is 0 Å². The van der Waals surface area contributed by atoms with Crippen LogP contribution in [0.15, 0.2) is 24.3 Å². The summed E-state index contributed by atoms with van der Waals surface area (Å²) >= 11 is 0. The quantitative estimate of drug-likeness (QED) is 0.435. The Morgan fingerprint density at radius 2 is 1.48 bits per heavy atom. The predicted octanol–water partition coefficient (Wildman–Crippen LogP) is 7.49. The zero-order valence-corrected chi connectivity index (χ0v) is 20.9. The number of fused-ring (bicyclic) bond motifs is 8. The monoisotopic (exact) mass is 438 g/mol. The summed E-state index contributed by atoms with van der Waals surface area (Å²) in [6, 6.07) is 8.97. The molecule has 0 saturated heterocycles. The van der Waals surface area contributed by atoms with E-state index in [4.69, 9.17) is 9.97 Å². The Labute approximate surface area is 196 Å². The van der Waals surface area contributed by atoms with E-state index in [1.165, 1.54) is 50.1 Å². The average molecular weight is 439 g/mol. The molecule has 2 aliphatic heterocycles. The van der Waals surface area contributed by atoms with Gasteiger partial charge in [-0.2, -0.15) is 0 Å². The summed E-state index contributed by atoms with van der Waals surface area (Å²) in [6.45, 7) is 15.5. The molecule has 170 valence electrons. The molecule has 1 atom stereocenters. The maximum absolute atomic E-state index is 5.10. The van der Waals surface area contributed by atoms with Gasteiger partial charge in [-0.3, -0.25) is 4.98 Å². The molecule has 3 aromatic rings. The maximum atomic E-state index is 5.10. The molecular weight excluding hydrogens is 404 g/mol. The van der Waals surface area contributed by atoms with E-state index < -0.39 is 0 Å². The Hall–Kier alpha value is -3.14. The van der Waals surface area contributed by atoms with Crippen LogP contribution in [-0.2, 0) is 12.8 Å². The summed E-state index contributed by atoms with van der Waals surface area (Å²) in [4.78, 5) is 17.6. The molecule has 1 unspecified atom stereocenters. The fraction of sp³-hybridized carbons (Fsp3) is 0.379. The molecule has 33 heavy (non-hydrogen) atoms. The lowest BCUT2D eigenvalue weighted by molar-refractivity contribution is 0.794. The third kappa shape index (κ3) is 3.52. The number of aromatic amines is 2.